The lowest BCUT2D eigenvalue weighted by Gasteiger charge is -2.27. The number of hydrogen-bond acceptors (Lipinski definition) is 4. The van der Waals surface area contributed by atoms with Crippen LogP contribution in [-0.4, -0.2) is 70.5 Å². The molecule has 0 aliphatic heterocycles. The molecular formula is C18H42N2O2. The minimum atomic E-state index is -0.175. The molecule has 22 heavy (non-hydrogen) atoms. The number of rotatable bonds is 10. The quantitative estimate of drug-likeness (QED) is 0.650. The van der Waals surface area contributed by atoms with Crippen molar-refractivity contribution in [2.24, 2.45) is 0 Å². The summed E-state index contributed by atoms with van der Waals surface area (Å²) in [4.78, 5) is 4.71. The van der Waals surface area contributed by atoms with Gasteiger partial charge in [-0.05, 0) is 66.7 Å². The summed E-state index contributed by atoms with van der Waals surface area (Å²) < 4.78 is 0. The molecule has 0 aromatic heterocycles. The normalized spacial score (nSPS) is 16.9. The van der Waals surface area contributed by atoms with Gasteiger partial charge in [-0.15, -0.1) is 0 Å². The smallest absolute Gasteiger partial charge is 0.0526 e. The molecule has 4 heteroatoms. The van der Waals surface area contributed by atoms with Crippen LogP contribution >= 0.6 is 0 Å². The van der Waals surface area contributed by atoms with E-state index < -0.39 is 0 Å². The zero-order chi connectivity index (χ0) is 17.7. The van der Waals surface area contributed by atoms with Crippen LogP contribution in [0.25, 0.3) is 0 Å². The zero-order valence-corrected chi connectivity index (χ0v) is 16.3. The van der Waals surface area contributed by atoms with Crippen molar-refractivity contribution in [2.75, 3.05) is 26.2 Å². The minimum absolute atomic E-state index is 0.175. The summed E-state index contributed by atoms with van der Waals surface area (Å²) >= 11 is 0. The maximum absolute atomic E-state index is 9.14. The molecule has 0 spiro atoms. The average molecular weight is 319 g/mol. The van der Waals surface area contributed by atoms with Crippen molar-refractivity contribution >= 4 is 0 Å². The third-order valence-corrected chi connectivity index (χ3v) is 4.24. The second kappa shape index (κ2) is 14.4. The molecule has 0 aromatic carbocycles. The standard InChI is InChI=1S/2C9H21NO/c2*1-5-10(6-2)8(3)7-9(4)11/h2*8-9,11H,5-7H2,1-4H3. The Morgan fingerprint density at radius 3 is 0.955 bits per heavy atom. The lowest BCUT2D eigenvalue weighted by Crippen LogP contribution is -2.34. The Labute approximate surface area is 139 Å². The first-order valence-corrected chi connectivity index (χ1v) is 9.07. The van der Waals surface area contributed by atoms with Gasteiger partial charge in [0, 0.05) is 12.1 Å². The number of aliphatic hydroxyl groups is 2. The van der Waals surface area contributed by atoms with E-state index in [1.54, 1.807) is 0 Å². The lowest BCUT2D eigenvalue weighted by atomic mass is 10.1. The van der Waals surface area contributed by atoms with E-state index in [0.29, 0.717) is 12.1 Å². The Balaban J connectivity index is 0. The molecule has 0 saturated carbocycles. The SMILES string of the molecule is CCN(CC)C(C)CC(C)O.CCN(CC)C(C)CC(C)O. The Morgan fingerprint density at radius 2 is 0.818 bits per heavy atom. The van der Waals surface area contributed by atoms with Crippen molar-refractivity contribution in [1.82, 2.24) is 9.80 Å². The third kappa shape index (κ3) is 12.4. The fourth-order valence-corrected chi connectivity index (χ4v) is 2.98. The average Bonchev–Trinajstić information content (AvgIpc) is 2.40. The highest BCUT2D eigenvalue weighted by atomic mass is 16.3. The summed E-state index contributed by atoms with van der Waals surface area (Å²) in [5.41, 5.74) is 0. The Bertz CT molecular complexity index is 203. The van der Waals surface area contributed by atoms with Crippen molar-refractivity contribution in [1.29, 1.82) is 0 Å². The van der Waals surface area contributed by atoms with Gasteiger partial charge in [-0.3, -0.25) is 0 Å². The molecule has 0 radical (unpaired) electrons. The molecule has 0 fully saturated rings. The summed E-state index contributed by atoms with van der Waals surface area (Å²) in [6.07, 6.45) is 1.40. The largest absolute Gasteiger partial charge is 0.393 e. The molecule has 0 amide bonds. The van der Waals surface area contributed by atoms with Crippen molar-refractivity contribution in [2.45, 2.75) is 92.5 Å². The van der Waals surface area contributed by atoms with Gasteiger partial charge >= 0.3 is 0 Å². The van der Waals surface area contributed by atoms with E-state index in [0.717, 1.165) is 39.0 Å². The molecule has 0 bridgehead atoms. The molecule has 0 aliphatic carbocycles. The van der Waals surface area contributed by atoms with Crippen molar-refractivity contribution in [3.8, 4) is 0 Å². The van der Waals surface area contributed by atoms with Gasteiger partial charge in [0.15, 0.2) is 0 Å². The van der Waals surface area contributed by atoms with E-state index in [1.165, 1.54) is 0 Å². The van der Waals surface area contributed by atoms with Crippen LogP contribution in [0.15, 0.2) is 0 Å². The first-order chi connectivity index (χ1) is 10.2. The van der Waals surface area contributed by atoms with E-state index in [1.807, 2.05) is 13.8 Å². The van der Waals surface area contributed by atoms with Crippen molar-refractivity contribution in [3.63, 3.8) is 0 Å². The molecule has 0 rings (SSSR count). The van der Waals surface area contributed by atoms with Gasteiger partial charge in [0.1, 0.15) is 0 Å². The maximum Gasteiger partial charge on any atom is 0.0526 e. The fourth-order valence-electron chi connectivity index (χ4n) is 2.98. The molecule has 4 atom stereocenters. The van der Waals surface area contributed by atoms with Crippen LogP contribution < -0.4 is 0 Å². The highest BCUT2D eigenvalue weighted by molar-refractivity contribution is 4.67. The van der Waals surface area contributed by atoms with E-state index in [4.69, 9.17) is 10.2 Å². The van der Waals surface area contributed by atoms with Crippen molar-refractivity contribution in [3.05, 3.63) is 0 Å². The predicted molar refractivity (Wildman–Crippen MR) is 97.4 cm³/mol. The highest BCUT2D eigenvalue weighted by Gasteiger charge is 2.12. The number of nitrogens with zero attached hydrogens (tertiary/aromatic N) is 2. The Morgan fingerprint density at radius 1 is 0.591 bits per heavy atom. The van der Waals surface area contributed by atoms with Gasteiger partial charge in [-0.2, -0.15) is 0 Å². The highest BCUT2D eigenvalue weighted by Crippen LogP contribution is 2.06. The zero-order valence-electron chi connectivity index (χ0n) is 16.3. The van der Waals surface area contributed by atoms with Crippen LogP contribution in [0.4, 0.5) is 0 Å². The topological polar surface area (TPSA) is 46.9 Å². The van der Waals surface area contributed by atoms with Gasteiger partial charge in [-0.25, -0.2) is 0 Å². The molecule has 2 N–H and O–H groups in total. The summed E-state index contributed by atoms with van der Waals surface area (Å²) in [7, 11) is 0. The van der Waals surface area contributed by atoms with Gasteiger partial charge in [0.25, 0.3) is 0 Å². The van der Waals surface area contributed by atoms with Gasteiger partial charge in [0.05, 0.1) is 12.2 Å². The van der Waals surface area contributed by atoms with E-state index >= 15 is 0 Å². The second-order valence-electron chi connectivity index (χ2n) is 6.31. The van der Waals surface area contributed by atoms with Crippen LogP contribution in [0.1, 0.15) is 68.2 Å². The maximum atomic E-state index is 9.14. The van der Waals surface area contributed by atoms with Crippen molar-refractivity contribution < 1.29 is 10.2 Å². The van der Waals surface area contributed by atoms with Gasteiger partial charge < -0.3 is 20.0 Å². The van der Waals surface area contributed by atoms with Crippen LogP contribution in [0.3, 0.4) is 0 Å². The van der Waals surface area contributed by atoms with Gasteiger partial charge in [0.2, 0.25) is 0 Å². The molecule has 4 nitrogen and oxygen atoms in total. The second-order valence-corrected chi connectivity index (χ2v) is 6.31. The van der Waals surface area contributed by atoms with E-state index in [2.05, 4.69) is 51.3 Å². The van der Waals surface area contributed by atoms with Crippen LogP contribution in [0.2, 0.25) is 0 Å². The molecule has 0 aromatic rings. The minimum Gasteiger partial charge on any atom is -0.393 e. The number of aliphatic hydroxyl groups excluding tert-OH is 2. The number of hydrogen-bond donors (Lipinski definition) is 2. The summed E-state index contributed by atoms with van der Waals surface area (Å²) in [5, 5.41) is 18.3. The van der Waals surface area contributed by atoms with Crippen LogP contribution in [0, 0.1) is 0 Å². The van der Waals surface area contributed by atoms with E-state index in [9.17, 15) is 0 Å². The molecule has 0 aliphatic rings. The van der Waals surface area contributed by atoms with Gasteiger partial charge in [-0.1, -0.05) is 27.7 Å². The molecule has 0 heterocycles. The molecular weight excluding hydrogens is 276 g/mol. The summed E-state index contributed by atoms with van der Waals surface area (Å²) in [6.45, 7) is 20.9. The van der Waals surface area contributed by atoms with Crippen LogP contribution in [0.5, 0.6) is 0 Å². The molecule has 4 unspecified atom stereocenters. The Kier molecular flexibility index (Phi) is 15.8. The molecule has 136 valence electrons. The first kappa shape index (κ1) is 24.1. The summed E-state index contributed by atoms with van der Waals surface area (Å²) in [6, 6.07) is 1.01. The third-order valence-electron chi connectivity index (χ3n) is 4.24. The van der Waals surface area contributed by atoms with E-state index in [-0.39, 0.29) is 12.2 Å². The predicted octanol–water partition coefficient (Wildman–Crippen LogP) is 2.98. The Hall–Kier alpha value is -0.160. The van der Waals surface area contributed by atoms with Crippen LogP contribution in [-0.2, 0) is 0 Å². The fraction of sp³-hybridized carbons (Fsp3) is 1.00. The first-order valence-electron chi connectivity index (χ1n) is 9.07. The summed E-state index contributed by atoms with van der Waals surface area (Å²) in [5.74, 6) is 0. The monoisotopic (exact) mass is 318 g/mol. The lowest BCUT2D eigenvalue weighted by molar-refractivity contribution is 0.126. The molecule has 0 saturated heterocycles.